The van der Waals surface area contributed by atoms with Gasteiger partial charge in [0.1, 0.15) is 6.04 Å². The Morgan fingerprint density at radius 2 is 1.85 bits per heavy atom. The van der Waals surface area contributed by atoms with Gasteiger partial charge in [-0.15, -0.1) is 0 Å². The number of aryl methyl sites for hydroxylation is 1. The highest BCUT2D eigenvalue weighted by atomic mass is 16.2. The van der Waals surface area contributed by atoms with Crippen LogP contribution in [0, 0.1) is 16.7 Å². The number of para-hydroxylation sites is 1. The zero-order valence-electron chi connectivity index (χ0n) is 23.8. The fraction of sp³-hybridized carbons (Fsp3) is 0.667. The minimum atomic E-state index is -0.752. The number of amides is 3. The average Bonchev–Trinajstić information content (AvgIpc) is 3.35. The Morgan fingerprint density at radius 1 is 1.08 bits per heavy atom. The van der Waals surface area contributed by atoms with Crippen molar-refractivity contribution in [1.82, 2.24) is 19.8 Å². The molecule has 0 radical (unpaired) electrons. The number of nitrogens with zero attached hydrogens (tertiary/aromatic N) is 2. The number of fused-ring (bicyclic) bond motifs is 3. The molecule has 3 aliphatic rings. The maximum Gasteiger partial charge on any atom is 0.329 e. The van der Waals surface area contributed by atoms with Crippen LogP contribution in [0.4, 0.5) is 5.69 Å². The molecule has 4 atom stereocenters. The van der Waals surface area contributed by atoms with Crippen molar-refractivity contribution < 1.29 is 14.4 Å². The monoisotopic (exact) mass is 537 g/mol. The van der Waals surface area contributed by atoms with Gasteiger partial charge in [-0.3, -0.25) is 28.8 Å². The number of hydrogen-bond donors (Lipinski definition) is 3. The van der Waals surface area contributed by atoms with Crippen LogP contribution in [0.5, 0.6) is 0 Å². The fourth-order valence-corrected chi connectivity index (χ4v) is 7.53. The smallest absolute Gasteiger partial charge is 0.324 e. The van der Waals surface area contributed by atoms with Gasteiger partial charge in [-0.05, 0) is 74.0 Å². The second kappa shape index (κ2) is 10.6. The van der Waals surface area contributed by atoms with Gasteiger partial charge in [0, 0.05) is 25.9 Å². The molecule has 2 bridgehead atoms. The van der Waals surface area contributed by atoms with Gasteiger partial charge in [0.25, 0.3) is 0 Å². The van der Waals surface area contributed by atoms with E-state index in [-0.39, 0.29) is 30.3 Å². The van der Waals surface area contributed by atoms with Gasteiger partial charge < -0.3 is 10.6 Å². The summed E-state index contributed by atoms with van der Waals surface area (Å²) in [5.41, 5.74) is 2.18. The predicted octanol–water partition coefficient (Wildman–Crippen LogP) is 4.01. The Kier molecular flexibility index (Phi) is 7.48. The van der Waals surface area contributed by atoms with Crippen LogP contribution in [0.1, 0.15) is 91.0 Å². The lowest BCUT2D eigenvalue weighted by Crippen LogP contribution is -2.44. The van der Waals surface area contributed by atoms with Crippen molar-refractivity contribution in [1.29, 1.82) is 0 Å². The van der Waals surface area contributed by atoms with Crippen LogP contribution in [0.25, 0.3) is 11.0 Å². The topological polar surface area (TPSA) is 114 Å². The van der Waals surface area contributed by atoms with E-state index in [0.29, 0.717) is 40.0 Å². The summed E-state index contributed by atoms with van der Waals surface area (Å²) in [6, 6.07) is 5.18. The van der Waals surface area contributed by atoms with Crippen molar-refractivity contribution in [2.75, 3.05) is 11.9 Å². The van der Waals surface area contributed by atoms with E-state index in [0.717, 1.165) is 38.1 Å². The highest BCUT2D eigenvalue weighted by Gasteiger charge is 2.60. The van der Waals surface area contributed by atoms with E-state index >= 15 is 0 Å². The molecule has 3 amide bonds. The summed E-state index contributed by atoms with van der Waals surface area (Å²) in [5, 5.41) is 9.14. The van der Waals surface area contributed by atoms with E-state index in [2.05, 4.69) is 36.7 Å². The van der Waals surface area contributed by atoms with E-state index in [9.17, 15) is 19.2 Å². The van der Waals surface area contributed by atoms with Gasteiger partial charge >= 0.3 is 5.69 Å². The third kappa shape index (κ3) is 4.83. The van der Waals surface area contributed by atoms with Crippen LogP contribution in [-0.2, 0) is 21.4 Å². The van der Waals surface area contributed by atoms with Crippen LogP contribution < -0.4 is 21.6 Å². The number of unbranched alkanes of at least 4 members (excludes halogenated alkanes) is 3. The summed E-state index contributed by atoms with van der Waals surface area (Å²) in [7, 11) is 1.63. The minimum absolute atomic E-state index is 0.0843. The van der Waals surface area contributed by atoms with Crippen molar-refractivity contribution in [3.05, 3.63) is 28.7 Å². The minimum Gasteiger partial charge on any atom is -0.324 e. The lowest BCUT2D eigenvalue weighted by molar-refractivity contribution is -0.135. The Hall–Kier alpha value is -2.94. The summed E-state index contributed by atoms with van der Waals surface area (Å²) >= 11 is 0. The molecule has 9 heteroatoms. The number of imidazole rings is 1. The van der Waals surface area contributed by atoms with Crippen LogP contribution in [0.2, 0.25) is 0 Å². The quantitative estimate of drug-likeness (QED) is 0.313. The fourth-order valence-electron chi connectivity index (χ4n) is 7.53. The summed E-state index contributed by atoms with van der Waals surface area (Å²) < 4.78 is 2.89. The van der Waals surface area contributed by atoms with Crippen LogP contribution in [-0.4, -0.2) is 39.4 Å². The van der Waals surface area contributed by atoms with E-state index in [4.69, 9.17) is 0 Å². The van der Waals surface area contributed by atoms with Crippen molar-refractivity contribution in [3.8, 4) is 0 Å². The standard InChI is InChI=1S/C30H43N5O4/c1-29(2)19-15-16-30(29,3)23(18-19)31-17-8-6-5-7-12-24(36)32-20-10-9-11-21-26(20)34(4)28(39)35(21)22-13-14-25(37)33-27(22)38/h9-11,19,22-23,31H,5-8,12-18H2,1-4H3,(H,32,36)(H,33,37,38)/t19-,22?,23+,30+/m1/s1. The molecule has 0 spiro atoms. The molecule has 3 fully saturated rings. The molecule has 1 unspecified atom stereocenters. The molecule has 39 heavy (non-hydrogen) atoms. The Labute approximate surface area is 230 Å². The van der Waals surface area contributed by atoms with Crippen molar-refractivity contribution in [3.63, 3.8) is 0 Å². The third-order valence-corrected chi connectivity index (χ3v) is 10.4. The van der Waals surface area contributed by atoms with Crippen molar-refractivity contribution in [2.45, 2.75) is 97.1 Å². The van der Waals surface area contributed by atoms with Gasteiger partial charge in [-0.25, -0.2) is 4.79 Å². The molecular weight excluding hydrogens is 494 g/mol. The number of imide groups is 1. The van der Waals surface area contributed by atoms with Crippen molar-refractivity contribution >= 4 is 34.4 Å². The normalized spacial score (nSPS) is 27.7. The number of carbonyl (C=O) groups excluding carboxylic acids is 3. The third-order valence-electron chi connectivity index (χ3n) is 10.4. The molecule has 2 saturated carbocycles. The van der Waals surface area contributed by atoms with Crippen LogP contribution >= 0.6 is 0 Å². The highest BCUT2D eigenvalue weighted by Crippen LogP contribution is 2.65. The Balaban J connectivity index is 1.10. The van der Waals surface area contributed by atoms with Gasteiger partial charge in [-0.2, -0.15) is 0 Å². The number of carbonyl (C=O) groups is 3. The van der Waals surface area contributed by atoms with E-state index in [1.165, 1.54) is 28.4 Å². The first-order valence-corrected chi connectivity index (χ1v) is 14.6. The highest BCUT2D eigenvalue weighted by molar-refractivity contribution is 6.02. The first kappa shape index (κ1) is 27.6. The molecule has 2 aliphatic carbocycles. The first-order chi connectivity index (χ1) is 18.5. The lowest BCUT2D eigenvalue weighted by Gasteiger charge is -2.39. The number of nitrogens with one attached hydrogen (secondary N) is 3. The molecule has 1 aliphatic heterocycles. The van der Waals surface area contributed by atoms with Crippen molar-refractivity contribution in [2.24, 2.45) is 23.8 Å². The average molecular weight is 538 g/mol. The summed E-state index contributed by atoms with van der Waals surface area (Å²) in [6.07, 6.45) is 8.92. The number of benzene rings is 1. The molecule has 1 aromatic heterocycles. The maximum absolute atomic E-state index is 13.1. The molecular formula is C30H43N5O4. The van der Waals surface area contributed by atoms with Gasteiger partial charge in [0.05, 0.1) is 16.7 Å². The predicted molar refractivity (Wildman–Crippen MR) is 151 cm³/mol. The first-order valence-electron chi connectivity index (χ1n) is 14.6. The number of aromatic nitrogens is 2. The number of anilines is 1. The number of hydrogen-bond acceptors (Lipinski definition) is 5. The van der Waals surface area contributed by atoms with E-state index < -0.39 is 11.9 Å². The SMILES string of the molecule is Cn1c(=O)n(C2CCC(=O)NC2=O)c2cccc(NC(=O)CCCCCCN[C@H]3C[C@H]4CC[C@]3(C)C4(C)C)c21. The summed E-state index contributed by atoms with van der Waals surface area (Å²) in [6.45, 7) is 8.41. The Bertz CT molecular complexity index is 1340. The summed E-state index contributed by atoms with van der Waals surface area (Å²) in [5.74, 6) is -0.0338. The van der Waals surface area contributed by atoms with Gasteiger partial charge in [0.2, 0.25) is 17.7 Å². The summed E-state index contributed by atoms with van der Waals surface area (Å²) in [4.78, 5) is 49.8. The number of piperidine rings is 1. The van der Waals surface area contributed by atoms with Crippen LogP contribution in [0.3, 0.4) is 0 Å². The van der Waals surface area contributed by atoms with Crippen LogP contribution in [0.15, 0.2) is 23.0 Å². The van der Waals surface area contributed by atoms with E-state index in [1.807, 2.05) is 0 Å². The Morgan fingerprint density at radius 3 is 2.54 bits per heavy atom. The molecule has 3 N–H and O–H groups in total. The van der Waals surface area contributed by atoms with Gasteiger partial charge in [0.15, 0.2) is 0 Å². The second-order valence-corrected chi connectivity index (χ2v) is 12.7. The lowest BCUT2D eigenvalue weighted by atomic mass is 9.69. The molecule has 1 aromatic carbocycles. The zero-order valence-corrected chi connectivity index (χ0v) is 23.8. The largest absolute Gasteiger partial charge is 0.329 e. The van der Waals surface area contributed by atoms with Gasteiger partial charge in [-0.1, -0.05) is 39.7 Å². The molecule has 5 rings (SSSR count). The molecule has 2 aromatic rings. The van der Waals surface area contributed by atoms with E-state index in [1.54, 1.807) is 25.2 Å². The molecule has 1 saturated heterocycles. The second-order valence-electron chi connectivity index (χ2n) is 12.7. The molecule has 9 nitrogen and oxygen atoms in total. The molecule has 212 valence electrons. The number of rotatable bonds is 10. The zero-order chi connectivity index (χ0) is 27.9. The maximum atomic E-state index is 13.1. The molecule has 2 heterocycles.